The van der Waals surface area contributed by atoms with Crippen molar-refractivity contribution in [2.45, 2.75) is 33.6 Å². The molecule has 0 aliphatic carbocycles. The summed E-state index contributed by atoms with van der Waals surface area (Å²) in [6.07, 6.45) is 4.19. The molecule has 0 saturated heterocycles. The highest BCUT2D eigenvalue weighted by Gasteiger charge is 2.05. The van der Waals surface area contributed by atoms with Crippen molar-refractivity contribution in [3.8, 4) is 0 Å². The summed E-state index contributed by atoms with van der Waals surface area (Å²) in [5, 5.41) is 4.39. The van der Waals surface area contributed by atoms with Crippen LogP contribution in [0, 0.1) is 13.8 Å². The molecule has 2 aromatic heterocycles. The van der Waals surface area contributed by atoms with E-state index in [1.165, 1.54) is 5.56 Å². The van der Waals surface area contributed by atoms with Gasteiger partial charge >= 0.3 is 0 Å². The van der Waals surface area contributed by atoms with E-state index in [2.05, 4.69) is 23.1 Å². The van der Waals surface area contributed by atoms with Crippen LogP contribution in [0.15, 0.2) is 12.3 Å². The lowest BCUT2D eigenvalue weighted by Crippen LogP contribution is -1.98. The number of hydrogen-bond donors (Lipinski definition) is 0. The first-order chi connectivity index (χ1) is 6.70. The van der Waals surface area contributed by atoms with Gasteiger partial charge in [0.25, 0.3) is 0 Å². The van der Waals surface area contributed by atoms with E-state index in [0.717, 1.165) is 29.9 Å². The Morgan fingerprint density at radius 1 is 1.29 bits per heavy atom. The van der Waals surface area contributed by atoms with Gasteiger partial charge in [-0.3, -0.25) is 0 Å². The van der Waals surface area contributed by atoms with Gasteiger partial charge in [0.2, 0.25) is 0 Å². The van der Waals surface area contributed by atoms with Crippen molar-refractivity contribution in [2.75, 3.05) is 0 Å². The summed E-state index contributed by atoms with van der Waals surface area (Å²) < 4.78 is 1.88. The maximum atomic E-state index is 4.47. The number of aromatic nitrogens is 3. The van der Waals surface area contributed by atoms with E-state index in [-0.39, 0.29) is 0 Å². The quantitative estimate of drug-likeness (QED) is 0.725. The third-order valence-electron chi connectivity index (χ3n) is 2.26. The van der Waals surface area contributed by atoms with E-state index >= 15 is 0 Å². The maximum Gasteiger partial charge on any atom is 0.156 e. The van der Waals surface area contributed by atoms with Gasteiger partial charge in [-0.15, -0.1) is 0 Å². The van der Waals surface area contributed by atoms with E-state index in [1.54, 1.807) is 0 Å². The third kappa shape index (κ3) is 1.50. The van der Waals surface area contributed by atoms with Gasteiger partial charge < -0.3 is 0 Å². The molecule has 0 aromatic carbocycles. The molecule has 0 spiro atoms. The van der Waals surface area contributed by atoms with Gasteiger partial charge in [-0.1, -0.05) is 13.3 Å². The van der Waals surface area contributed by atoms with E-state index in [0.29, 0.717) is 0 Å². The highest BCUT2D eigenvalue weighted by atomic mass is 15.2. The lowest BCUT2D eigenvalue weighted by atomic mass is 10.1. The van der Waals surface area contributed by atoms with Crippen molar-refractivity contribution in [2.24, 2.45) is 0 Å². The zero-order chi connectivity index (χ0) is 10.1. The average Bonchev–Trinajstić information content (AvgIpc) is 2.45. The molecule has 3 heteroatoms. The highest BCUT2D eigenvalue weighted by molar-refractivity contribution is 5.48. The Morgan fingerprint density at radius 3 is 2.79 bits per heavy atom. The predicted molar refractivity (Wildman–Crippen MR) is 56.5 cm³/mol. The molecule has 0 saturated carbocycles. The van der Waals surface area contributed by atoms with Crippen molar-refractivity contribution < 1.29 is 0 Å². The van der Waals surface area contributed by atoms with Gasteiger partial charge in [-0.25, -0.2) is 9.50 Å². The van der Waals surface area contributed by atoms with E-state index < -0.39 is 0 Å². The van der Waals surface area contributed by atoms with Gasteiger partial charge in [-0.2, -0.15) is 5.10 Å². The molecule has 0 unspecified atom stereocenters. The Kier molecular flexibility index (Phi) is 2.23. The van der Waals surface area contributed by atoms with Crippen molar-refractivity contribution in [1.29, 1.82) is 0 Å². The number of fused-ring (bicyclic) bond motifs is 1. The van der Waals surface area contributed by atoms with Crippen LogP contribution in [-0.2, 0) is 6.42 Å². The second-order valence-corrected chi connectivity index (χ2v) is 3.71. The molecule has 0 amide bonds. The van der Waals surface area contributed by atoms with Crippen LogP contribution in [0.5, 0.6) is 0 Å². The topological polar surface area (TPSA) is 30.2 Å². The summed E-state index contributed by atoms with van der Waals surface area (Å²) in [5.41, 5.74) is 4.39. The smallest absolute Gasteiger partial charge is 0.156 e. The Balaban J connectivity index is 2.66. The highest BCUT2D eigenvalue weighted by Crippen LogP contribution is 2.12. The van der Waals surface area contributed by atoms with Crippen molar-refractivity contribution in [1.82, 2.24) is 14.6 Å². The molecule has 0 radical (unpaired) electrons. The predicted octanol–water partition coefficient (Wildman–Crippen LogP) is 2.30. The van der Waals surface area contributed by atoms with Gasteiger partial charge in [0.1, 0.15) is 0 Å². The third-order valence-corrected chi connectivity index (χ3v) is 2.26. The van der Waals surface area contributed by atoms with E-state index in [4.69, 9.17) is 0 Å². The number of nitrogens with zero attached hydrogens (tertiary/aromatic N) is 3. The molecule has 0 bridgehead atoms. The molecule has 14 heavy (non-hydrogen) atoms. The largest absolute Gasteiger partial charge is 0.232 e. The Hall–Kier alpha value is -1.38. The molecule has 2 aromatic rings. The number of hydrogen-bond acceptors (Lipinski definition) is 2. The minimum absolute atomic E-state index is 1.01. The molecule has 2 rings (SSSR count). The first-order valence-electron chi connectivity index (χ1n) is 5.03. The number of imidazole rings is 1. The monoisotopic (exact) mass is 189 g/mol. The summed E-state index contributed by atoms with van der Waals surface area (Å²) in [7, 11) is 0. The molecular weight excluding hydrogens is 174 g/mol. The van der Waals surface area contributed by atoms with Crippen molar-refractivity contribution >= 4 is 5.65 Å². The maximum absolute atomic E-state index is 4.47. The van der Waals surface area contributed by atoms with Gasteiger partial charge in [-0.05, 0) is 31.9 Å². The standard InChI is InChI=1S/C11H15N3/c1-4-5-10-6-8(2)13-14-7-9(3)12-11(10)14/h6-7H,4-5H2,1-3H3. The Labute approximate surface area is 83.8 Å². The molecule has 3 nitrogen and oxygen atoms in total. The summed E-state index contributed by atoms with van der Waals surface area (Å²) in [6, 6.07) is 2.13. The number of rotatable bonds is 2. The van der Waals surface area contributed by atoms with Crippen molar-refractivity contribution in [3.05, 3.63) is 29.2 Å². The van der Waals surface area contributed by atoms with Crippen LogP contribution in [0.4, 0.5) is 0 Å². The average molecular weight is 189 g/mol. The lowest BCUT2D eigenvalue weighted by Gasteiger charge is -2.02. The molecule has 0 aliphatic rings. The molecule has 2 heterocycles. The molecule has 0 atom stereocenters. The molecular formula is C11H15N3. The molecule has 0 N–H and O–H groups in total. The van der Waals surface area contributed by atoms with Gasteiger partial charge in [0, 0.05) is 0 Å². The van der Waals surface area contributed by atoms with Crippen LogP contribution >= 0.6 is 0 Å². The fourth-order valence-corrected chi connectivity index (χ4v) is 1.75. The first kappa shape index (κ1) is 9.19. The molecule has 74 valence electrons. The van der Waals surface area contributed by atoms with Crippen LogP contribution in [0.25, 0.3) is 5.65 Å². The summed E-state index contributed by atoms with van der Waals surface area (Å²) in [5.74, 6) is 0. The van der Waals surface area contributed by atoms with Crippen LogP contribution in [0.1, 0.15) is 30.3 Å². The zero-order valence-electron chi connectivity index (χ0n) is 8.91. The zero-order valence-corrected chi connectivity index (χ0v) is 8.91. The fourth-order valence-electron chi connectivity index (χ4n) is 1.75. The molecule has 0 fully saturated rings. The first-order valence-corrected chi connectivity index (χ1v) is 5.03. The summed E-state index contributed by atoms with van der Waals surface area (Å²) in [6.45, 7) is 6.20. The van der Waals surface area contributed by atoms with Crippen molar-refractivity contribution in [3.63, 3.8) is 0 Å². The molecule has 0 aliphatic heterocycles. The van der Waals surface area contributed by atoms with Gasteiger partial charge in [0.15, 0.2) is 5.65 Å². The van der Waals surface area contributed by atoms with E-state index in [1.807, 2.05) is 24.6 Å². The second kappa shape index (κ2) is 3.40. The lowest BCUT2D eigenvalue weighted by molar-refractivity contribution is 0.855. The van der Waals surface area contributed by atoms with E-state index in [9.17, 15) is 0 Å². The summed E-state index contributed by atoms with van der Waals surface area (Å²) >= 11 is 0. The minimum Gasteiger partial charge on any atom is -0.232 e. The minimum atomic E-state index is 1.01. The Morgan fingerprint density at radius 2 is 2.07 bits per heavy atom. The van der Waals surface area contributed by atoms with Crippen LogP contribution in [-0.4, -0.2) is 14.6 Å². The van der Waals surface area contributed by atoms with Crippen LogP contribution in [0.3, 0.4) is 0 Å². The Bertz CT molecular complexity index is 457. The van der Waals surface area contributed by atoms with Crippen LogP contribution < -0.4 is 0 Å². The van der Waals surface area contributed by atoms with Gasteiger partial charge in [0.05, 0.1) is 17.6 Å². The normalized spacial score (nSPS) is 11.1. The summed E-state index contributed by atoms with van der Waals surface area (Å²) in [4.78, 5) is 4.47. The SMILES string of the molecule is CCCc1cc(C)nn2cc(C)nc12. The number of aryl methyl sites for hydroxylation is 3. The second-order valence-electron chi connectivity index (χ2n) is 3.71. The fraction of sp³-hybridized carbons (Fsp3) is 0.455. The van der Waals surface area contributed by atoms with Crippen LogP contribution in [0.2, 0.25) is 0 Å².